The molecule has 2 rings (SSSR count). The van der Waals surface area contributed by atoms with Gasteiger partial charge in [-0.15, -0.1) is 0 Å². The van der Waals surface area contributed by atoms with Crippen LogP contribution in [-0.2, 0) is 9.59 Å². The molecule has 0 bridgehead atoms. The molecule has 1 saturated heterocycles. The van der Waals surface area contributed by atoms with Gasteiger partial charge in [-0.25, -0.2) is 0 Å². The minimum atomic E-state index is -0.851. The molecule has 1 aliphatic carbocycles. The molecular weight excluding hydrogens is 270 g/mol. The quantitative estimate of drug-likeness (QED) is 0.815. The molecule has 1 unspecified atom stereocenters. The number of carbonyl (C=O) groups excluding carboxylic acids is 1. The van der Waals surface area contributed by atoms with Crippen molar-refractivity contribution in [2.45, 2.75) is 70.3 Å². The van der Waals surface area contributed by atoms with Crippen LogP contribution in [0.4, 0.5) is 0 Å². The van der Waals surface area contributed by atoms with Crippen LogP contribution < -0.4 is 0 Å². The third kappa shape index (κ3) is 3.76. The van der Waals surface area contributed by atoms with Gasteiger partial charge in [0.15, 0.2) is 0 Å². The normalized spacial score (nSPS) is 25.6. The highest BCUT2D eigenvalue weighted by molar-refractivity contribution is 5.85. The zero-order valence-corrected chi connectivity index (χ0v) is 12.7. The Morgan fingerprint density at radius 1 is 1.10 bits per heavy atom. The zero-order chi connectivity index (χ0) is 15.3. The maximum atomic E-state index is 12.6. The number of hydrogen-bond acceptors (Lipinski definition) is 3. The van der Waals surface area contributed by atoms with Crippen molar-refractivity contribution in [3.8, 4) is 0 Å². The molecule has 2 N–H and O–H groups in total. The lowest BCUT2D eigenvalue weighted by atomic mass is 9.71. The number of carboxylic acids is 1. The minimum absolute atomic E-state index is 0.0301. The van der Waals surface area contributed by atoms with Crippen molar-refractivity contribution >= 4 is 11.9 Å². The number of aliphatic hydroxyl groups is 1. The number of rotatable bonds is 5. The molecule has 0 aromatic rings. The topological polar surface area (TPSA) is 77.8 Å². The summed E-state index contributed by atoms with van der Waals surface area (Å²) >= 11 is 0. The van der Waals surface area contributed by atoms with Crippen molar-refractivity contribution in [1.29, 1.82) is 0 Å². The largest absolute Gasteiger partial charge is 0.481 e. The van der Waals surface area contributed by atoms with E-state index in [1.165, 1.54) is 0 Å². The first kappa shape index (κ1) is 16.3. The van der Waals surface area contributed by atoms with Crippen LogP contribution in [0.15, 0.2) is 0 Å². The van der Waals surface area contributed by atoms with Gasteiger partial charge in [0.1, 0.15) is 0 Å². The monoisotopic (exact) mass is 297 g/mol. The molecule has 2 aliphatic rings. The summed E-state index contributed by atoms with van der Waals surface area (Å²) in [4.78, 5) is 26.2. The number of aliphatic hydroxyl groups excluding tert-OH is 1. The number of nitrogens with zero attached hydrogens (tertiary/aromatic N) is 1. The lowest BCUT2D eigenvalue weighted by Crippen LogP contribution is -2.47. The summed E-state index contributed by atoms with van der Waals surface area (Å²) < 4.78 is 0. The first-order valence-corrected chi connectivity index (χ1v) is 8.23. The number of hydrogen-bond donors (Lipinski definition) is 2. The van der Waals surface area contributed by atoms with E-state index in [0.717, 1.165) is 38.5 Å². The third-order valence-electron chi connectivity index (χ3n) is 5.16. The SMILES string of the molecule is O=C(CC1(C(=O)O)CCCCC1)N1CCCCC1CCO. The molecule has 5 heteroatoms. The molecule has 1 atom stereocenters. The van der Waals surface area contributed by atoms with Crippen molar-refractivity contribution < 1.29 is 19.8 Å². The van der Waals surface area contributed by atoms with Crippen LogP contribution in [-0.4, -0.2) is 46.2 Å². The van der Waals surface area contributed by atoms with E-state index < -0.39 is 11.4 Å². The molecule has 1 heterocycles. The number of likely N-dealkylation sites (tertiary alicyclic amines) is 1. The van der Waals surface area contributed by atoms with Gasteiger partial charge in [0.2, 0.25) is 5.91 Å². The second-order valence-corrected chi connectivity index (χ2v) is 6.57. The Bertz CT molecular complexity index is 374. The number of amides is 1. The molecule has 0 aromatic heterocycles. The maximum absolute atomic E-state index is 12.6. The summed E-state index contributed by atoms with van der Waals surface area (Å²) in [7, 11) is 0. The van der Waals surface area contributed by atoms with E-state index in [0.29, 0.717) is 25.8 Å². The number of aliphatic carboxylic acids is 1. The summed E-state index contributed by atoms with van der Waals surface area (Å²) in [5.74, 6) is -0.844. The molecule has 120 valence electrons. The van der Waals surface area contributed by atoms with Crippen LogP contribution in [0.5, 0.6) is 0 Å². The molecule has 1 aliphatic heterocycles. The maximum Gasteiger partial charge on any atom is 0.310 e. The third-order valence-corrected chi connectivity index (χ3v) is 5.16. The van der Waals surface area contributed by atoms with Gasteiger partial charge >= 0.3 is 5.97 Å². The van der Waals surface area contributed by atoms with Crippen LogP contribution in [0.25, 0.3) is 0 Å². The number of piperidine rings is 1. The Labute approximate surface area is 126 Å². The van der Waals surface area contributed by atoms with Gasteiger partial charge in [-0.2, -0.15) is 0 Å². The molecule has 1 amide bonds. The van der Waals surface area contributed by atoms with Crippen molar-refractivity contribution in [2.75, 3.05) is 13.2 Å². The van der Waals surface area contributed by atoms with E-state index in [4.69, 9.17) is 5.11 Å². The highest BCUT2D eigenvalue weighted by atomic mass is 16.4. The van der Waals surface area contributed by atoms with Gasteiger partial charge in [0, 0.05) is 25.6 Å². The van der Waals surface area contributed by atoms with E-state index in [1.54, 1.807) is 0 Å². The van der Waals surface area contributed by atoms with Gasteiger partial charge in [-0.05, 0) is 38.5 Å². The molecule has 1 saturated carbocycles. The van der Waals surface area contributed by atoms with Crippen molar-refractivity contribution in [1.82, 2.24) is 4.90 Å². The smallest absolute Gasteiger partial charge is 0.310 e. The standard InChI is InChI=1S/C16H27NO4/c18-11-7-13-6-2-5-10-17(13)14(19)12-16(15(20)21)8-3-1-4-9-16/h13,18H,1-12H2,(H,20,21). The van der Waals surface area contributed by atoms with Crippen molar-refractivity contribution in [2.24, 2.45) is 5.41 Å². The Kier molecular flexibility index (Phi) is 5.62. The van der Waals surface area contributed by atoms with Gasteiger partial charge in [0.25, 0.3) is 0 Å². The van der Waals surface area contributed by atoms with E-state index in [1.807, 2.05) is 4.90 Å². The lowest BCUT2D eigenvalue weighted by molar-refractivity contribution is -0.157. The van der Waals surface area contributed by atoms with E-state index in [-0.39, 0.29) is 25.0 Å². The number of carbonyl (C=O) groups is 2. The summed E-state index contributed by atoms with van der Waals surface area (Å²) in [6.07, 6.45) is 7.83. The van der Waals surface area contributed by atoms with Crippen LogP contribution in [0.2, 0.25) is 0 Å². The summed E-state index contributed by atoms with van der Waals surface area (Å²) in [5, 5.41) is 18.7. The molecule has 5 nitrogen and oxygen atoms in total. The fourth-order valence-corrected chi connectivity index (χ4v) is 3.86. The van der Waals surface area contributed by atoms with Crippen LogP contribution in [0, 0.1) is 5.41 Å². The van der Waals surface area contributed by atoms with Gasteiger partial charge in [-0.3, -0.25) is 9.59 Å². The molecule has 0 aromatic carbocycles. The van der Waals surface area contributed by atoms with Crippen LogP contribution >= 0.6 is 0 Å². The zero-order valence-electron chi connectivity index (χ0n) is 12.7. The summed E-state index contributed by atoms with van der Waals surface area (Å²) in [6, 6.07) is 0.0886. The summed E-state index contributed by atoms with van der Waals surface area (Å²) in [6.45, 7) is 0.789. The minimum Gasteiger partial charge on any atom is -0.481 e. The predicted molar refractivity (Wildman–Crippen MR) is 78.8 cm³/mol. The second kappa shape index (κ2) is 7.25. The summed E-state index contributed by atoms with van der Waals surface area (Å²) in [5.41, 5.74) is -0.851. The highest BCUT2D eigenvalue weighted by Gasteiger charge is 2.43. The highest BCUT2D eigenvalue weighted by Crippen LogP contribution is 2.40. The van der Waals surface area contributed by atoms with E-state index >= 15 is 0 Å². The molecule has 0 spiro atoms. The number of carboxylic acid groups (broad SMARTS) is 1. The molecule has 21 heavy (non-hydrogen) atoms. The lowest BCUT2D eigenvalue weighted by Gasteiger charge is -2.39. The van der Waals surface area contributed by atoms with Gasteiger partial charge < -0.3 is 15.1 Å². The van der Waals surface area contributed by atoms with E-state index in [9.17, 15) is 14.7 Å². The Morgan fingerprint density at radius 2 is 1.81 bits per heavy atom. The predicted octanol–water partition coefficient (Wildman–Crippen LogP) is 2.18. The Hall–Kier alpha value is -1.10. The van der Waals surface area contributed by atoms with Crippen LogP contribution in [0.3, 0.4) is 0 Å². The van der Waals surface area contributed by atoms with Crippen molar-refractivity contribution in [3.63, 3.8) is 0 Å². The fraction of sp³-hybridized carbons (Fsp3) is 0.875. The first-order chi connectivity index (χ1) is 10.1. The van der Waals surface area contributed by atoms with Crippen LogP contribution in [0.1, 0.15) is 64.2 Å². The fourth-order valence-electron chi connectivity index (χ4n) is 3.86. The molecular formula is C16H27NO4. The average molecular weight is 297 g/mol. The molecule has 2 fully saturated rings. The van der Waals surface area contributed by atoms with E-state index in [2.05, 4.69) is 0 Å². The van der Waals surface area contributed by atoms with Gasteiger partial charge in [-0.1, -0.05) is 19.3 Å². The Balaban J connectivity index is 2.05. The average Bonchev–Trinajstić information content (AvgIpc) is 2.49. The van der Waals surface area contributed by atoms with Gasteiger partial charge in [0.05, 0.1) is 5.41 Å². The second-order valence-electron chi connectivity index (χ2n) is 6.57. The Morgan fingerprint density at radius 3 is 2.43 bits per heavy atom. The first-order valence-electron chi connectivity index (χ1n) is 8.23. The molecule has 0 radical (unpaired) electrons. The van der Waals surface area contributed by atoms with Crippen molar-refractivity contribution in [3.05, 3.63) is 0 Å².